The lowest BCUT2D eigenvalue weighted by Gasteiger charge is -2.16. The van der Waals surface area contributed by atoms with E-state index in [1.165, 1.54) is 5.56 Å². The van der Waals surface area contributed by atoms with Gasteiger partial charge in [-0.3, -0.25) is 4.99 Å². The third-order valence-electron chi connectivity index (χ3n) is 3.91. The Kier molecular flexibility index (Phi) is 9.17. The van der Waals surface area contributed by atoms with Crippen molar-refractivity contribution in [2.75, 3.05) is 26.2 Å². The molecule has 0 aliphatic heterocycles. The molecule has 142 valence electrons. The van der Waals surface area contributed by atoms with Crippen molar-refractivity contribution < 1.29 is 9.84 Å². The lowest BCUT2D eigenvalue weighted by molar-refractivity contribution is 0.0331. The van der Waals surface area contributed by atoms with Crippen LogP contribution in [-0.4, -0.2) is 43.4 Å². The van der Waals surface area contributed by atoms with Gasteiger partial charge in [0.2, 0.25) is 0 Å². The summed E-state index contributed by atoms with van der Waals surface area (Å²) in [6.45, 7) is 6.85. The minimum absolute atomic E-state index is 0.267. The average Bonchev–Trinajstić information content (AvgIpc) is 3.19. The van der Waals surface area contributed by atoms with Gasteiger partial charge in [0.15, 0.2) is 5.96 Å². The fourth-order valence-corrected chi connectivity index (χ4v) is 3.18. The maximum atomic E-state index is 10.1. The summed E-state index contributed by atoms with van der Waals surface area (Å²) >= 11 is 1.71. The molecule has 0 saturated carbocycles. The molecule has 0 spiro atoms. The highest BCUT2D eigenvalue weighted by Crippen LogP contribution is 2.16. The van der Waals surface area contributed by atoms with E-state index in [1.54, 1.807) is 11.3 Å². The molecule has 2 rings (SSSR count). The number of guanidine groups is 1. The van der Waals surface area contributed by atoms with Crippen LogP contribution in [-0.2, 0) is 11.3 Å². The van der Waals surface area contributed by atoms with E-state index < -0.39 is 6.10 Å². The summed E-state index contributed by atoms with van der Waals surface area (Å²) in [6.07, 6.45) is -0.622. The molecule has 5 nitrogen and oxygen atoms in total. The van der Waals surface area contributed by atoms with Gasteiger partial charge >= 0.3 is 0 Å². The highest BCUT2D eigenvalue weighted by atomic mass is 32.1. The van der Waals surface area contributed by atoms with Crippen molar-refractivity contribution >= 4 is 17.3 Å². The monoisotopic (exact) mass is 375 g/mol. The Labute approximate surface area is 160 Å². The van der Waals surface area contributed by atoms with Crippen LogP contribution in [0.1, 0.15) is 30.9 Å². The fourth-order valence-electron chi connectivity index (χ4n) is 2.40. The van der Waals surface area contributed by atoms with Crippen LogP contribution in [0.5, 0.6) is 0 Å². The second-order valence-corrected chi connectivity index (χ2v) is 6.99. The molecular weight excluding hydrogens is 346 g/mol. The Balaban J connectivity index is 1.72. The van der Waals surface area contributed by atoms with Gasteiger partial charge in [0.25, 0.3) is 0 Å². The highest BCUT2D eigenvalue weighted by molar-refractivity contribution is 7.07. The Hall–Kier alpha value is -1.89. The van der Waals surface area contributed by atoms with Crippen LogP contribution in [0.3, 0.4) is 0 Å². The number of aliphatic hydroxyl groups excluding tert-OH is 1. The van der Waals surface area contributed by atoms with Crippen molar-refractivity contribution in [2.24, 2.45) is 4.99 Å². The highest BCUT2D eigenvalue weighted by Gasteiger charge is 2.08. The summed E-state index contributed by atoms with van der Waals surface area (Å²) in [5, 5.41) is 20.9. The van der Waals surface area contributed by atoms with Crippen LogP contribution < -0.4 is 10.6 Å². The van der Waals surface area contributed by atoms with Gasteiger partial charge in [0.1, 0.15) is 0 Å². The molecule has 0 radical (unpaired) electrons. The molecule has 26 heavy (non-hydrogen) atoms. The molecular formula is C20H29N3O2S. The molecule has 1 aromatic heterocycles. The van der Waals surface area contributed by atoms with Crippen molar-refractivity contribution in [3.63, 3.8) is 0 Å². The van der Waals surface area contributed by atoms with E-state index in [-0.39, 0.29) is 6.61 Å². The van der Waals surface area contributed by atoms with Gasteiger partial charge in [-0.05, 0) is 40.8 Å². The van der Waals surface area contributed by atoms with Gasteiger partial charge < -0.3 is 20.5 Å². The van der Waals surface area contributed by atoms with E-state index in [1.807, 2.05) is 37.3 Å². The topological polar surface area (TPSA) is 65.9 Å². The molecule has 1 heterocycles. The van der Waals surface area contributed by atoms with Crippen LogP contribution >= 0.6 is 11.3 Å². The molecule has 3 N–H and O–H groups in total. The second-order valence-electron chi connectivity index (χ2n) is 6.21. The summed E-state index contributed by atoms with van der Waals surface area (Å²) in [5.41, 5.74) is 2.42. The quantitative estimate of drug-likeness (QED) is 0.441. The van der Waals surface area contributed by atoms with Crippen LogP contribution in [0, 0.1) is 0 Å². The van der Waals surface area contributed by atoms with Crippen molar-refractivity contribution in [1.29, 1.82) is 0 Å². The lowest BCUT2D eigenvalue weighted by Crippen LogP contribution is -2.39. The smallest absolute Gasteiger partial charge is 0.191 e. The zero-order valence-electron chi connectivity index (χ0n) is 15.5. The Morgan fingerprint density at radius 2 is 2.04 bits per heavy atom. The molecule has 0 fully saturated rings. The van der Waals surface area contributed by atoms with Crippen molar-refractivity contribution in [2.45, 2.75) is 32.5 Å². The number of rotatable bonds is 10. The van der Waals surface area contributed by atoms with Crippen LogP contribution in [0.4, 0.5) is 0 Å². The third-order valence-corrected chi connectivity index (χ3v) is 4.62. The first-order chi connectivity index (χ1) is 12.7. The number of hydrogen-bond acceptors (Lipinski definition) is 4. The summed E-state index contributed by atoms with van der Waals surface area (Å²) in [6, 6.07) is 12.1. The van der Waals surface area contributed by atoms with Gasteiger partial charge in [0.05, 0.1) is 25.9 Å². The van der Waals surface area contributed by atoms with Crippen molar-refractivity contribution in [1.82, 2.24) is 10.6 Å². The standard InChI is InChI=1S/C20H29N3O2S/c1-3-21-20(22-11-16(2)18-9-10-26-15-18)23-12-19(24)14-25-13-17-7-5-4-6-8-17/h4-10,15-16,19,24H,3,11-14H2,1-2H3,(H2,21,22,23). The van der Waals surface area contributed by atoms with E-state index >= 15 is 0 Å². The molecule has 0 bridgehead atoms. The van der Waals surface area contributed by atoms with Crippen LogP contribution in [0.25, 0.3) is 0 Å². The van der Waals surface area contributed by atoms with Gasteiger partial charge in [-0.2, -0.15) is 11.3 Å². The maximum Gasteiger partial charge on any atom is 0.191 e. The molecule has 0 amide bonds. The van der Waals surface area contributed by atoms with Crippen LogP contribution in [0.2, 0.25) is 0 Å². The number of benzene rings is 1. The van der Waals surface area contributed by atoms with E-state index in [9.17, 15) is 5.11 Å². The molecule has 2 aromatic rings. The Morgan fingerprint density at radius 1 is 1.23 bits per heavy atom. The molecule has 0 aliphatic carbocycles. The molecule has 0 saturated heterocycles. The molecule has 2 unspecified atom stereocenters. The first-order valence-electron chi connectivity index (χ1n) is 9.03. The SMILES string of the molecule is CCNC(=NCC(O)COCc1ccccc1)NCC(C)c1ccsc1. The molecule has 6 heteroatoms. The van der Waals surface area contributed by atoms with Crippen molar-refractivity contribution in [3.05, 3.63) is 58.3 Å². The zero-order chi connectivity index (χ0) is 18.6. The first kappa shape index (κ1) is 20.4. The molecule has 0 aliphatic rings. The van der Waals surface area contributed by atoms with Crippen LogP contribution in [0.15, 0.2) is 52.2 Å². The third kappa shape index (κ3) is 7.56. The van der Waals surface area contributed by atoms with Gasteiger partial charge in [-0.15, -0.1) is 0 Å². The van der Waals surface area contributed by atoms with E-state index in [2.05, 4.69) is 39.4 Å². The fraction of sp³-hybridized carbons (Fsp3) is 0.450. The predicted molar refractivity (Wildman–Crippen MR) is 109 cm³/mol. The normalized spacial score (nSPS) is 14.0. The number of aliphatic hydroxyl groups is 1. The maximum absolute atomic E-state index is 10.1. The van der Waals surface area contributed by atoms with Gasteiger partial charge in [-0.25, -0.2) is 0 Å². The number of hydrogen-bond donors (Lipinski definition) is 3. The largest absolute Gasteiger partial charge is 0.389 e. The minimum Gasteiger partial charge on any atom is -0.389 e. The minimum atomic E-state index is -0.622. The zero-order valence-corrected chi connectivity index (χ0v) is 16.3. The number of thiophene rings is 1. The Morgan fingerprint density at radius 3 is 2.73 bits per heavy atom. The summed E-state index contributed by atoms with van der Waals surface area (Å²) in [4.78, 5) is 4.46. The summed E-state index contributed by atoms with van der Waals surface area (Å²) < 4.78 is 5.56. The lowest BCUT2D eigenvalue weighted by atomic mass is 10.1. The number of ether oxygens (including phenoxy) is 1. The number of nitrogens with one attached hydrogen (secondary N) is 2. The number of nitrogens with zero attached hydrogens (tertiary/aromatic N) is 1. The van der Waals surface area contributed by atoms with E-state index in [4.69, 9.17) is 4.74 Å². The number of aliphatic imine (C=N–C) groups is 1. The van der Waals surface area contributed by atoms with Gasteiger partial charge in [0, 0.05) is 13.1 Å². The Bertz CT molecular complexity index is 632. The summed E-state index contributed by atoms with van der Waals surface area (Å²) in [7, 11) is 0. The summed E-state index contributed by atoms with van der Waals surface area (Å²) in [5.74, 6) is 1.13. The van der Waals surface area contributed by atoms with E-state index in [0.717, 1.165) is 24.6 Å². The predicted octanol–water partition coefficient (Wildman–Crippen LogP) is 2.98. The second kappa shape index (κ2) is 11.7. The molecule has 2 atom stereocenters. The van der Waals surface area contributed by atoms with E-state index in [0.29, 0.717) is 19.1 Å². The van der Waals surface area contributed by atoms with Crippen molar-refractivity contribution in [3.8, 4) is 0 Å². The average molecular weight is 376 g/mol. The first-order valence-corrected chi connectivity index (χ1v) is 9.97. The molecule has 1 aromatic carbocycles. The van der Waals surface area contributed by atoms with Gasteiger partial charge in [-0.1, -0.05) is 37.3 Å².